The number of carbonyl (C=O) groups excluding carboxylic acids is 1. The molecule has 9 heteroatoms. The molecule has 0 radical (unpaired) electrons. The monoisotopic (exact) mass is 461 g/mol. The highest BCUT2D eigenvalue weighted by atomic mass is 16.5. The number of aromatic nitrogens is 4. The molecule has 5 rings (SSSR count). The predicted octanol–water partition coefficient (Wildman–Crippen LogP) is 2.64. The molecular weight excluding hydrogens is 430 g/mol. The maximum absolute atomic E-state index is 12.4. The smallest absolute Gasteiger partial charge is 0.359 e. The number of carbonyl (C=O) groups is 1. The minimum Gasteiger partial charge on any atom is -0.461 e. The Hall–Kier alpha value is -3.30. The number of benzene rings is 1. The summed E-state index contributed by atoms with van der Waals surface area (Å²) in [5, 5.41) is 7.82. The number of fused-ring (bicyclic) bond motifs is 3. The van der Waals surface area contributed by atoms with Crippen LogP contribution in [0.4, 0.5) is 11.6 Å². The number of likely N-dealkylation sites (N-methyl/N-ethyl adjacent to an activating group) is 1. The molecule has 2 aliphatic rings. The Morgan fingerprint density at radius 1 is 1.15 bits per heavy atom. The van der Waals surface area contributed by atoms with Crippen molar-refractivity contribution in [1.29, 1.82) is 0 Å². The molecule has 0 unspecified atom stereocenters. The van der Waals surface area contributed by atoms with E-state index in [4.69, 9.17) is 9.72 Å². The van der Waals surface area contributed by atoms with Gasteiger partial charge in [0.2, 0.25) is 5.95 Å². The van der Waals surface area contributed by atoms with Crippen molar-refractivity contribution in [2.75, 3.05) is 45.2 Å². The van der Waals surface area contributed by atoms with Gasteiger partial charge in [-0.15, -0.1) is 0 Å². The average Bonchev–Trinajstić information content (AvgIpc) is 3.18. The van der Waals surface area contributed by atoms with Gasteiger partial charge in [0.25, 0.3) is 0 Å². The molecule has 1 fully saturated rings. The fraction of sp³-hybridized carbons (Fsp3) is 0.440. The highest BCUT2D eigenvalue weighted by molar-refractivity contribution is 5.91. The maximum Gasteiger partial charge on any atom is 0.359 e. The van der Waals surface area contributed by atoms with Gasteiger partial charge in [-0.05, 0) is 50.1 Å². The highest BCUT2D eigenvalue weighted by Gasteiger charge is 2.29. The first-order valence-corrected chi connectivity index (χ1v) is 11.9. The maximum atomic E-state index is 12.4. The SMILES string of the molecule is CCOC(=O)c1nn(C)c2c1CCc1cnc(Nc3cccc(CN4CCN(C)CC4)c3)nc1-2. The fourth-order valence-electron chi connectivity index (χ4n) is 4.72. The van der Waals surface area contributed by atoms with E-state index < -0.39 is 0 Å². The van der Waals surface area contributed by atoms with Gasteiger partial charge in [0.1, 0.15) is 0 Å². The van der Waals surface area contributed by atoms with Crippen molar-refractivity contribution >= 4 is 17.6 Å². The fourth-order valence-corrected chi connectivity index (χ4v) is 4.72. The number of nitrogens with zero attached hydrogens (tertiary/aromatic N) is 6. The highest BCUT2D eigenvalue weighted by Crippen LogP contribution is 2.34. The quantitative estimate of drug-likeness (QED) is 0.561. The first kappa shape index (κ1) is 22.5. The molecule has 1 aliphatic heterocycles. The zero-order valence-electron chi connectivity index (χ0n) is 20.0. The van der Waals surface area contributed by atoms with E-state index in [-0.39, 0.29) is 5.97 Å². The van der Waals surface area contributed by atoms with Crippen molar-refractivity contribution in [1.82, 2.24) is 29.5 Å². The second-order valence-corrected chi connectivity index (χ2v) is 8.99. The zero-order chi connectivity index (χ0) is 23.7. The molecule has 2 aromatic heterocycles. The molecule has 0 atom stereocenters. The number of anilines is 2. The molecule has 3 aromatic rings. The van der Waals surface area contributed by atoms with Crippen LogP contribution in [0.5, 0.6) is 0 Å². The summed E-state index contributed by atoms with van der Waals surface area (Å²) in [6, 6.07) is 8.42. The predicted molar refractivity (Wildman–Crippen MR) is 130 cm³/mol. The van der Waals surface area contributed by atoms with Gasteiger partial charge in [0, 0.05) is 57.2 Å². The van der Waals surface area contributed by atoms with E-state index in [0.29, 0.717) is 18.2 Å². The third-order valence-electron chi connectivity index (χ3n) is 6.53. The lowest BCUT2D eigenvalue weighted by Crippen LogP contribution is -2.43. The Morgan fingerprint density at radius 3 is 2.76 bits per heavy atom. The van der Waals surface area contributed by atoms with E-state index in [2.05, 4.69) is 50.4 Å². The summed E-state index contributed by atoms with van der Waals surface area (Å²) in [7, 11) is 4.01. The van der Waals surface area contributed by atoms with E-state index in [1.807, 2.05) is 19.3 Å². The number of rotatable bonds is 6. The Morgan fingerprint density at radius 2 is 1.97 bits per heavy atom. The van der Waals surface area contributed by atoms with Gasteiger partial charge in [-0.1, -0.05) is 12.1 Å². The molecule has 1 aliphatic carbocycles. The van der Waals surface area contributed by atoms with E-state index in [1.165, 1.54) is 5.56 Å². The molecule has 0 spiro atoms. The lowest BCUT2D eigenvalue weighted by atomic mass is 9.93. The average molecular weight is 462 g/mol. The Bertz CT molecular complexity index is 1200. The van der Waals surface area contributed by atoms with Crippen LogP contribution in [0.3, 0.4) is 0 Å². The van der Waals surface area contributed by atoms with Crippen molar-refractivity contribution in [3.8, 4) is 11.4 Å². The minimum absolute atomic E-state index is 0.324. The second kappa shape index (κ2) is 9.52. The number of piperazine rings is 1. The van der Waals surface area contributed by atoms with Crippen LogP contribution >= 0.6 is 0 Å². The number of hydrogen-bond acceptors (Lipinski definition) is 8. The third kappa shape index (κ3) is 4.53. The van der Waals surface area contributed by atoms with Crippen LogP contribution in [-0.4, -0.2) is 75.4 Å². The van der Waals surface area contributed by atoms with Crippen LogP contribution in [0.15, 0.2) is 30.5 Å². The molecule has 9 nitrogen and oxygen atoms in total. The van der Waals surface area contributed by atoms with Crippen molar-refractivity contribution in [3.05, 3.63) is 52.8 Å². The van der Waals surface area contributed by atoms with Gasteiger partial charge in [0.05, 0.1) is 18.0 Å². The topological polar surface area (TPSA) is 88.4 Å². The number of aryl methyl sites for hydroxylation is 2. The van der Waals surface area contributed by atoms with Crippen molar-refractivity contribution in [2.24, 2.45) is 7.05 Å². The van der Waals surface area contributed by atoms with E-state index in [0.717, 1.165) is 73.8 Å². The molecule has 34 heavy (non-hydrogen) atoms. The van der Waals surface area contributed by atoms with Crippen LogP contribution in [0.1, 0.15) is 34.1 Å². The number of ether oxygens (including phenoxy) is 1. The van der Waals surface area contributed by atoms with E-state index >= 15 is 0 Å². The van der Waals surface area contributed by atoms with Crippen LogP contribution in [0, 0.1) is 0 Å². The van der Waals surface area contributed by atoms with Gasteiger partial charge in [-0.25, -0.2) is 14.8 Å². The van der Waals surface area contributed by atoms with Crippen molar-refractivity contribution < 1.29 is 9.53 Å². The number of hydrogen-bond donors (Lipinski definition) is 1. The Labute approximate surface area is 199 Å². The molecular formula is C25H31N7O2. The van der Waals surface area contributed by atoms with Gasteiger partial charge in [-0.2, -0.15) is 5.10 Å². The van der Waals surface area contributed by atoms with E-state index in [9.17, 15) is 4.79 Å². The molecule has 178 valence electrons. The standard InChI is InChI=1S/C25H31N7O2/c1-4-34-24(33)22-20-9-8-18-15-26-25(28-21(18)23(20)31(3)29-22)27-19-7-5-6-17(14-19)16-32-12-10-30(2)11-13-32/h5-7,14-15H,4,8-13,16H2,1-3H3,(H,26,27,28). The molecule has 0 saturated carbocycles. The van der Waals surface area contributed by atoms with Gasteiger partial charge < -0.3 is 15.0 Å². The summed E-state index contributed by atoms with van der Waals surface area (Å²) in [6.07, 6.45) is 3.36. The van der Waals surface area contributed by atoms with Crippen LogP contribution in [0.2, 0.25) is 0 Å². The summed E-state index contributed by atoms with van der Waals surface area (Å²) < 4.78 is 6.93. The summed E-state index contributed by atoms with van der Waals surface area (Å²) in [6.45, 7) is 7.44. The lowest BCUT2D eigenvalue weighted by molar-refractivity contribution is 0.0517. The Balaban J connectivity index is 1.37. The largest absolute Gasteiger partial charge is 0.461 e. The van der Waals surface area contributed by atoms with Crippen LogP contribution in [-0.2, 0) is 31.2 Å². The molecule has 0 amide bonds. The van der Waals surface area contributed by atoms with Crippen molar-refractivity contribution in [2.45, 2.75) is 26.3 Å². The molecule has 1 N–H and O–H groups in total. The third-order valence-corrected chi connectivity index (χ3v) is 6.53. The normalized spacial score (nSPS) is 16.1. The van der Waals surface area contributed by atoms with Crippen molar-refractivity contribution in [3.63, 3.8) is 0 Å². The summed E-state index contributed by atoms with van der Waals surface area (Å²) in [5.41, 5.74) is 6.24. The molecule has 1 aromatic carbocycles. The summed E-state index contributed by atoms with van der Waals surface area (Å²) in [4.78, 5) is 26.6. The summed E-state index contributed by atoms with van der Waals surface area (Å²) >= 11 is 0. The lowest BCUT2D eigenvalue weighted by Gasteiger charge is -2.32. The first-order chi connectivity index (χ1) is 16.5. The zero-order valence-corrected chi connectivity index (χ0v) is 20.0. The van der Waals surface area contributed by atoms with Gasteiger partial charge >= 0.3 is 5.97 Å². The Kier molecular flexibility index (Phi) is 6.30. The van der Waals surface area contributed by atoms with Crippen LogP contribution in [0.25, 0.3) is 11.4 Å². The number of nitrogens with one attached hydrogen (secondary N) is 1. The van der Waals surface area contributed by atoms with Gasteiger partial charge in [0.15, 0.2) is 5.69 Å². The molecule has 1 saturated heterocycles. The summed E-state index contributed by atoms with van der Waals surface area (Å²) in [5.74, 6) is 0.148. The minimum atomic E-state index is -0.382. The molecule has 3 heterocycles. The second-order valence-electron chi connectivity index (χ2n) is 8.99. The molecule has 0 bridgehead atoms. The van der Waals surface area contributed by atoms with Crippen LogP contribution < -0.4 is 5.32 Å². The van der Waals surface area contributed by atoms with E-state index in [1.54, 1.807) is 11.6 Å². The first-order valence-electron chi connectivity index (χ1n) is 11.9. The van der Waals surface area contributed by atoms with Gasteiger partial charge in [-0.3, -0.25) is 9.58 Å². The number of esters is 1.